The maximum absolute atomic E-state index is 12.3. The van der Waals surface area contributed by atoms with E-state index in [1.54, 1.807) is 24.3 Å². The number of rotatable bonds is 8. The van der Waals surface area contributed by atoms with Crippen molar-refractivity contribution < 1.29 is 14.1 Å². The van der Waals surface area contributed by atoms with Crippen LogP contribution < -0.4 is 10.6 Å². The smallest absolute Gasteiger partial charge is 0.251 e. The van der Waals surface area contributed by atoms with E-state index in [1.165, 1.54) is 0 Å². The van der Waals surface area contributed by atoms with Gasteiger partial charge in [-0.15, -0.1) is 0 Å². The molecule has 0 spiro atoms. The lowest BCUT2D eigenvalue weighted by Crippen LogP contribution is -2.31. The van der Waals surface area contributed by atoms with Crippen LogP contribution >= 0.6 is 0 Å². The normalized spacial score (nSPS) is 11.0. The summed E-state index contributed by atoms with van der Waals surface area (Å²) in [5.41, 5.74) is 3.41. The average Bonchev–Trinajstić information content (AvgIpc) is 3.23. The molecule has 0 aliphatic heterocycles. The van der Waals surface area contributed by atoms with Gasteiger partial charge in [0.2, 0.25) is 0 Å². The third-order valence-corrected chi connectivity index (χ3v) is 4.63. The number of benzene rings is 2. The number of hydrogen-bond acceptors (Lipinski definition) is 5. The highest BCUT2D eigenvalue weighted by atomic mass is 16.5. The van der Waals surface area contributed by atoms with Gasteiger partial charge in [-0.2, -0.15) is 0 Å². The van der Waals surface area contributed by atoms with Crippen molar-refractivity contribution in [3.05, 3.63) is 65.7 Å². The molecule has 0 aliphatic carbocycles. The summed E-state index contributed by atoms with van der Waals surface area (Å²) < 4.78 is 5.50. The van der Waals surface area contributed by atoms with Crippen LogP contribution in [0.4, 0.5) is 0 Å². The second-order valence-electron chi connectivity index (χ2n) is 7.92. The summed E-state index contributed by atoms with van der Waals surface area (Å²) in [5.74, 6) is 0.356. The summed E-state index contributed by atoms with van der Waals surface area (Å²) >= 11 is 0. The number of aromatic nitrogens is 1. The molecule has 0 saturated heterocycles. The first-order valence-corrected chi connectivity index (χ1v) is 10.2. The predicted molar refractivity (Wildman–Crippen MR) is 121 cm³/mol. The number of carbonyl (C=O) groups is 2. The molecule has 1 heterocycles. The Labute approximate surface area is 182 Å². The van der Waals surface area contributed by atoms with Crippen molar-refractivity contribution in [1.82, 2.24) is 20.7 Å². The molecule has 2 aromatic carbocycles. The topological polar surface area (TPSA) is 87.5 Å². The monoisotopic (exact) mass is 420 g/mol. The van der Waals surface area contributed by atoms with E-state index >= 15 is 0 Å². The molecule has 0 radical (unpaired) electrons. The number of amides is 2. The summed E-state index contributed by atoms with van der Waals surface area (Å²) in [7, 11) is 3.92. The summed E-state index contributed by atoms with van der Waals surface area (Å²) in [6.45, 7) is 5.22. The first-order valence-electron chi connectivity index (χ1n) is 10.2. The minimum atomic E-state index is -0.125. The molecule has 7 nitrogen and oxygen atoms in total. The molecule has 7 heteroatoms. The third-order valence-electron chi connectivity index (χ3n) is 4.63. The molecule has 3 rings (SSSR count). The van der Waals surface area contributed by atoms with E-state index in [-0.39, 0.29) is 17.9 Å². The molecule has 0 saturated carbocycles. The van der Waals surface area contributed by atoms with Crippen LogP contribution in [0.15, 0.2) is 59.1 Å². The van der Waals surface area contributed by atoms with E-state index in [9.17, 15) is 9.59 Å². The predicted octanol–water partition coefficient (Wildman–Crippen LogP) is 3.44. The largest absolute Gasteiger partial charge is 0.356 e. The maximum atomic E-state index is 12.3. The van der Waals surface area contributed by atoms with Gasteiger partial charge in [0, 0.05) is 47.5 Å². The van der Waals surface area contributed by atoms with Crippen molar-refractivity contribution in [2.24, 2.45) is 0 Å². The van der Waals surface area contributed by atoms with Crippen molar-refractivity contribution >= 4 is 11.8 Å². The standard InChI is InChI=1S/C24H28N4O3/c1-16(2)26-24(30)20-7-5-6-19(14-20)21-15-22(31-27-21)17-8-10-18(11-9-17)23(29)25-12-13-28(3)4/h5-11,14-16H,12-13H2,1-4H3,(H,25,29)(H,26,30). The van der Waals surface area contributed by atoms with Gasteiger partial charge in [-0.25, -0.2) is 0 Å². The van der Waals surface area contributed by atoms with Gasteiger partial charge in [0.05, 0.1) is 0 Å². The molecule has 0 bridgehead atoms. The van der Waals surface area contributed by atoms with E-state index in [0.29, 0.717) is 29.1 Å². The van der Waals surface area contributed by atoms with Crippen LogP contribution in [0.3, 0.4) is 0 Å². The SMILES string of the molecule is CC(C)NC(=O)c1cccc(-c2cc(-c3ccc(C(=O)NCCN(C)C)cc3)on2)c1. The molecule has 0 aliphatic rings. The zero-order valence-corrected chi connectivity index (χ0v) is 18.3. The van der Waals surface area contributed by atoms with Gasteiger partial charge in [-0.05, 0) is 52.2 Å². The van der Waals surface area contributed by atoms with E-state index in [1.807, 2.05) is 63.2 Å². The Morgan fingerprint density at radius 1 is 0.968 bits per heavy atom. The number of likely N-dealkylation sites (N-methyl/N-ethyl adjacent to an activating group) is 1. The summed E-state index contributed by atoms with van der Waals surface area (Å²) in [6, 6.07) is 16.3. The molecule has 3 aromatic rings. The highest BCUT2D eigenvalue weighted by Crippen LogP contribution is 2.27. The number of carbonyl (C=O) groups excluding carboxylic acids is 2. The summed E-state index contributed by atoms with van der Waals surface area (Å²) in [4.78, 5) is 26.5. The van der Waals surface area contributed by atoms with E-state index in [4.69, 9.17) is 4.52 Å². The minimum absolute atomic E-state index is 0.0628. The van der Waals surface area contributed by atoms with Crippen LogP contribution in [0.25, 0.3) is 22.6 Å². The zero-order chi connectivity index (χ0) is 22.4. The molecule has 2 N–H and O–H groups in total. The van der Waals surface area contributed by atoms with Crippen molar-refractivity contribution in [3.8, 4) is 22.6 Å². The molecule has 2 amide bonds. The van der Waals surface area contributed by atoms with Gasteiger partial charge < -0.3 is 20.1 Å². The fraction of sp³-hybridized carbons (Fsp3) is 0.292. The number of hydrogen-bond donors (Lipinski definition) is 2. The fourth-order valence-electron chi connectivity index (χ4n) is 2.99. The molecule has 31 heavy (non-hydrogen) atoms. The van der Waals surface area contributed by atoms with Gasteiger partial charge in [0.25, 0.3) is 11.8 Å². The fourth-order valence-corrected chi connectivity index (χ4v) is 2.99. The summed E-state index contributed by atoms with van der Waals surface area (Å²) in [6.07, 6.45) is 0. The average molecular weight is 421 g/mol. The summed E-state index contributed by atoms with van der Waals surface area (Å²) in [5, 5.41) is 9.92. The highest BCUT2D eigenvalue weighted by molar-refractivity contribution is 5.96. The number of nitrogens with one attached hydrogen (secondary N) is 2. The molecular weight excluding hydrogens is 392 g/mol. The van der Waals surface area contributed by atoms with Crippen LogP contribution in [0.5, 0.6) is 0 Å². The zero-order valence-electron chi connectivity index (χ0n) is 18.3. The number of nitrogens with zero attached hydrogens (tertiary/aromatic N) is 2. The second-order valence-corrected chi connectivity index (χ2v) is 7.92. The maximum Gasteiger partial charge on any atom is 0.251 e. The third kappa shape index (κ3) is 6.02. The van der Waals surface area contributed by atoms with Gasteiger partial charge in [-0.3, -0.25) is 9.59 Å². The van der Waals surface area contributed by atoms with Crippen LogP contribution in [-0.4, -0.2) is 55.1 Å². The highest BCUT2D eigenvalue weighted by Gasteiger charge is 2.13. The lowest BCUT2D eigenvalue weighted by atomic mass is 10.1. The van der Waals surface area contributed by atoms with Gasteiger partial charge in [-0.1, -0.05) is 29.4 Å². The van der Waals surface area contributed by atoms with Crippen LogP contribution in [0.1, 0.15) is 34.6 Å². The van der Waals surface area contributed by atoms with Crippen molar-refractivity contribution in [1.29, 1.82) is 0 Å². The Bertz CT molecular complexity index is 1040. The minimum Gasteiger partial charge on any atom is -0.356 e. The molecule has 162 valence electrons. The molecular formula is C24H28N4O3. The van der Waals surface area contributed by atoms with Crippen molar-refractivity contribution in [2.75, 3.05) is 27.2 Å². The first-order chi connectivity index (χ1) is 14.8. The van der Waals surface area contributed by atoms with E-state index in [2.05, 4.69) is 15.8 Å². The van der Waals surface area contributed by atoms with Gasteiger partial charge in [0.15, 0.2) is 5.76 Å². The van der Waals surface area contributed by atoms with Gasteiger partial charge >= 0.3 is 0 Å². The van der Waals surface area contributed by atoms with Crippen LogP contribution in [0, 0.1) is 0 Å². The second kappa shape index (κ2) is 10.0. The lowest BCUT2D eigenvalue weighted by molar-refractivity contribution is 0.0937. The Kier molecular flexibility index (Phi) is 7.20. The van der Waals surface area contributed by atoms with E-state index in [0.717, 1.165) is 17.7 Å². The van der Waals surface area contributed by atoms with Crippen LogP contribution in [-0.2, 0) is 0 Å². The Hall–Kier alpha value is -3.45. The quantitative estimate of drug-likeness (QED) is 0.583. The Morgan fingerprint density at radius 2 is 1.71 bits per heavy atom. The molecule has 0 unspecified atom stereocenters. The lowest BCUT2D eigenvalue weighted by Gasteiger charge is -2.10. The van der Waals surface area contributed by atoms with Crippen molar-refractivity contribution in [3.63, 3.8) is 0 Å². The molecule has 0 fully saturated rings. The Morgan fingerprint density at radius 3 is 2.39 bits per heavy atom. The molecule has 0 atom stereocenters. The molecule has 1 aromatic heterocycles. The van der Waals surface area contributed by atoms with Gasteiger partial charge in [0.1, 0.15) is 5.69 Å². The first kappa shape index (κ1) is 22.2. The Balaban J connectivity index is 1.71. The van der Waals surface area contributed by atoms with Crippen molar-refractivity contribution in [2.45, 2.75) is 19.9 Å². The van der Waals surface area contributed by atoms with Crippen LogP contribution in [0.2, 0.25) is 0 Å². The van der Waals surface area contributed by atoms with E-state index < -0.39 is 0 Å².